The van der Waals surface area contributed by atoms with Crippen LogP contribution < -0.4 is 15.9 Å². The average Bonchev–Trinajstić information content (AvgIpc) is 3.24. The van der Waals surface area contributed by atoms with Crippen LogP contribution in [0.25, 0.3) is 27.7 Å². The zero-order chi connectivity index (χ0) is 21.4. The standard InChI is InChI=1S/C23H26N4O3/c1-24-11-9-14-20-18(29)8-7-15(22(20)26-23(14)30)21-13(10-12-27(2)3)19-16(25-21)5-4-6-17(19)28/h4-8,24-25,28-29H,9-12H2,1-3H3. The largest absolute Gasteiger partial charge is 0.507 e. The molecule has 1 aromatic heterocycles. The minimum absolute atomic E-state index is 0.0586. The van der Waals surface area contributed by atoms with E-state index in [0.717, 1.165) is 34.3 Å². The van der Waals surface area contributed by atoms with Crippen LogP contribution in [0, 0.1) is 0 Å². The SMILES string of the molecule is CNCCC1=c2c(O)ccc(-c3[nH]c4cccc(O)c4c3CCN(C)C)c2=NC1=O. The van der Waals surface area contributed by atoms with E-state index in [9.17, 15) is 15.0 Å². The van der Waals surface area contributed by atoms with E-state index in [4.69, 9.17) is 0 Å². The van der Waals surface area contributed by atoms with Crippen LogP contribution in [-0.2, 0) is 11.2 Å². The minimum Gasteiger partial charge on any atom is -0.507 e. The van der Waals surface area contributed by atoms with Gasteiger partial charge in [0.05, 0.1) is 16.3 Å². The monoisotopic (exact) mass is 406 g/mol. The Balaban J connectivity index is 2.00. The molecule has 4 N–H and O–H groups in total. The van der Waals surface area contributed by atoms with Crippen LogP contribution >= 0.6 is 0 Å². The molecule has 0 saturated heterocycles. The first-order chi connectivity index (χ1) is 14.4. The van der Waals surface area contributed by atoms with E-state index in [2.05, 4.69) is 20.2 Å². The molecule has 0 fully saturated rings. The maximum Gasteiger partial charge on any atom is 0.274 e. The molecule has 0 saturated carbocycles. The van der Waals surface area contributed by atoms with Crippen molar-refractivity contribution < 1.29 is 15.0 Å². The number of nitrogens with zero attached hydrogens (tertiary/aromatic N) is 2. The number of aromatic nitrogens is 1. The number of carbonyl (C=O) groups is 1. The molecule has 4 rings (SSSR count). The Labute approximate surface area is 174 Å². The lowest BCUT2D eigenvalue weighted by Crippen LogP contribution is -2.27. The lowest BCUT2D eigenvalue weighted by molar-refractivity contribution is -0.112. The summed E-state index contributed by atoms with van der Waals surface area (Å²) in [4.78, 5) is 22.4. The van der Waals surface area contributed by atoms with Crippen LogP contribution in [-0.4, -0.2) is 60.2 Å². The molecule has 7 nitrogen and oxygen atoms in total. The van der Waals surface area contributed by atoms with Crippen molar-refractivity contribution in [3.63, 3.8) is 0 Å². The highest BCUT2D eigenvalue weighted by atomic mass is 16.3. The number of hydrogen-bond acceptors (Lipinski definition) is 5. The number of benzene rings is 2. The van der Waals surface area contributed by atoms with Crippen LogP contribution in [0.15, 0.2) is 35.3 Å². The van der Waals surface area contributed by atoms with Gasteiger partial charge in [-0.3, -0.25) is 4.79 Å². The molecular formula is C23H26N4O3. The molecule has 0 bridgehead atoms. The topological polar surface area (TPSA) is 101 Å². The molecule has 2 aromatic carbocycles. The first kappa shape index (κ1) is 20.1. The third-order valence-electron chi connectivity index (χ3n) is 5.54. The Morgan fingerprint density at radius 3 is 2.63 bits per heavy atom. The number of amides is 1. The van der Waals surface area contributed by atoms with Crippen molar-refractivity contribution in [1.29, 1.82) is 0 Å². The van der Waals surface area contributed by atoms with E-state index in [1.54, 1.807) is 24.3 Å². The summed E-state index contributed by atoms with van der Waals surface area (Å²) in [6.07, 6.45) is 1.20. The highest BCUT2D eigenvalue weighted by molar-refractivity contribution is 6.16. The second kappa shape index (κ2) is 7.93. The minimum atomic E-state index is -0.309. The van der Waals surface area contributed by atoms with Gasteiger partial charge >= 0.3 is 0 Å². The predicted octanol–water partition coefficient (Wildman–Crippen LogP) is 1.27. The third-order valence-corrected chi connectivity index (χ3v) is 5.54. The normalized spacial score (nSPS) is 13.3. The van der Waals surface area contributed by atoms with Crippen molar-refractivity contribution in [2.24, 2.45) is 4.99 Å². The molecule has 1 aliphatic rings. The molecule has 7 heteroatoms. The Hall–Kier alpha value is -3.16. The van der Waals surface area contributed by atoms with Gasteiger partial charge in [0.2, 0.25) is 0 Å². The lowest BCUT2D eigenvalue weighted by Gasteiger charge is -2.11. The number of H-pyrrole nitrogens is 1. The van der Waals surface area contributed by atoms with Gasteiger partial charge in [-0.2, -0.15) is 0 Å². The second-order valence-electron chi connectivity index (χ2n) is 7.84. The fourth-order valence-corrected chi connectivity index (χ4v) is 4.07. The molecule has 3 aromatic rings. The molecule has 0 spiro atoms. The summed E-state index contributed by atoms with van der Waals surface area (Å²) < 4.78 is 0. The number of likely N-dealkylation sites (N-methyl/N-ethyl adjacent to an activating group) is 1. The average molecular weight is 406 g/mol. The van der Waals surface area contributed by atoms with Gasteiger partial charge in [-0.25, -0.2) is 4.99 Å². The van der Waals surface area contributed by atoms with Gasteiger partial charge in [0.25, 0.3) is 5.91 Å². The second-order valence-corrected chi connectivity index (χ2v) is 7.84. The zero-order valence-corrected chi connectivity index (χ0v) is 17.4. The fourth-order valence-electron chi connectivity index (χ4n) is 4.07. The van der Waals surface area contributed by atoms with Crippen molar-refractivity contribution >= 4 is 22.4 Å². The van der Waals surface area contributed by atoms with Crippen LogP contribution in [0.3, 0.4) is 0 Å². The highest BCUT2D eigenvalue weighted by Gasteiger charge is 2.24. The molecule has 156 valence electrons. The molecule has 0 atom stereocenters. The van der Waals surface area contributed by atoms with Gasteiger partial charge in [0, 0.05) is 28.6 Å². The number of phenolic OH excluding ortho intramolecular Hbond substituents is 2. The van der Waals surface area contributed by atoms with E-state index in [-0.39, 0.29) is 17.4 Å². The Morgan fingerprint density at radius 1 is 1.10 bits per heavy atom. The van der Waals surface area contributed by atoms with Crippen molar-refractivity contribution in [2.45, 2.75) is 12.8 Å². The quantitative estimate of drug-likeness (QED) is 0.473. The van der Waals surface area contributed by atoms with E-state index in [1.807, 2.05) is 27.2 Å². The van der Waals surface area contributed by atoms with Gasteiger partial charge < -0.3 is 25.4 Å². The summed E-state index contributed by atoms with van der Waals surface area (Å²) in [5.41, 5.74) is 3.88. The Kier molecular flexibility index (Phi) is 5.32. The number of nitrogens with one attached hydrogen (secondary N) is 2. The number of hydrogen-bond donors (Lipinski definition) is 4. The number of carbonyl (C=O) groups excluding carboxylic acids is 1. The van der Waals surface area contributed by atoms with E-state index < -0.39 is 0 Å². The van der Waals surface area contributed by atoms with Gasteiger partial charge in [-0.1, -0.05) is 6.07 Å². The van der Waals surface area contributed by atoms with Gasteiger partial charge in [0.15, 0.2) is 0 Å². The third kappa shape index (κ3) is 3.36. The van der Waals surface area contributed by atoms with Crippen molar-refractivity contribution in [2.75, 3.05) is 34.2 Å². The van der Waals surface area contributed by atoms with Crippen molar-refractivity contribution in [3.8, 4) is 22.8 Å². The van der Waals surface area contributed by atoms with E-state index >= 15 is 0 Å². The summed E-state index contributed by atoms with van der Waals surface area (Å²) >= 11 is 0. The Bertz CT molecular complexity index is 1260. The molecule has 1 aliphatic heterocycles. The summed E-state index contributed by atoms with van der Waals surface area (Å²) in [6, 6.07) is 8.80. The molecule has 1 amide bonds. The molecule has 0 aliphatic carbocycles. The summed E-state index contributed by atoms with van der Waals surface area (Å²) in [7, 11) is 5.83. The predicted molar refractivity (Wildman–Crippen MR) is 117 cm³/mol. The Morgan fingerprint density at radius 2 is 1.90 bits per heavy atom. The van der Waals surface area contributed by atoms with Crippen LogP contribution in [0.4, 0.5) is 0 Å². The fraction of sp³-hybridized carbons (Fsp3) is 0.304. The van der Waals surface area contributed by atoms with Crippen molar-refractivity contribution in [3.05, 3.63) is 46.5 Å². The maximum atomic E-state index is 12.6. The highest BCUT2D eigenvalue weighted by Crippen LogP contribution is 2.35. The van der Waals surface area contributed by atoms with Crippen molar-refractivity contribution in [1.82, 2.24) is 15.2 Å². The van der Waals surface area contributed by atoms with Crippen LogP contribution in [0.2, 0.25) is 0 Å². The van der Waals surface area contributed by atoms with Gasteiger partial charge in [-0.15, -0.1) is 0 Å². The number of aromatic hydroxyl groups is 2. The first-order valence-corrected chi connectivity index (χ1v) is 10.0. The van der Waals surface area contributed by atoms with Gasteiger partial charge in [0.1, 0.15) is 11.5 Å². The maximum absolute atomic E-state index is 12.6. The number of phenols is 2. The van der Waals surface area contributed by atoms with Gasteiger partial charge in [-0.05, 0) is 70.4 Å². The molecule has 2 heterocycles. The molecule has 0 unspecified atom stereocenters. The molecular weight excluding hydrogens is 380 g/mol. The van der Waals surface area contributed by atoms with E-state index in [1.165, 1.54) is 0 Å². The summed E-state index contributed by atoms with van der Waals surface area (Å²) in [6.45, 7) is 1.41. The summed E-state index contributed by atoms with van der Waals surface area (Å²) in [5.74, 6) is -0.0338. The molecule has 30 heavy (non-hydrogen) atoms. The smallest absolute Gasteiger partial charge is 0.274 e. The number of fused-ring (bicyclic) bond motifs is 2. The number of aromatic amines is 1. The van der Waals surface area contributed by atoms with Crippen LogP contribution in [0.1, 0.15) is 12.0 Å². The van der Waals surface area contributed by atoms with Crippen LogP contribution in [0.5, 0.6) is 11.5 Å². The molecule has 0 radical (unpaired) electrons. The zero-order valence-electron chi connectivity index (χ0n) is 17.4. The lowest BCUT2D eigenvalue weighted by atomic mass is 9.99. The van der Waals surface area contributed by atoms with E-state index in [0.29, 0.717) is 35.5 Å². The summed E-state index contributed by atoms with van der Waals surface area (Å²) in [5, 5.41) is 25.9. The first-order valence-electron chi connectivity index (χ1n) is 10.0. The number of rotatable bonds is 7.